The van der Waals surface area contributed by atoms with Crippen LogP contribution in [0.15, 0.2) is 54.6 Å². The third kappa shape index (κ3) is 8.12. The van der Waals surface area contributed by atoms with Crippen LogP contribution in [0, 0.1) is 36.5 Å². The van der Waals surface area contributed by atoms with Gasteiger partial charge in [-0.25, -0.2) is 13.4 Å². The molecule has 3 saturated carbocycles. The van der Waals surface area contributed by atoms with Gasteiger partial charge in [0.1, 0.15) is 17.3 Å². The highest BCUT2D eigenvalue weighted by Crippen LogP contribution is 2.47. The van der Waals surface area contributed by atoms with E-state index in [0.717, 1.165) is 43.2 Å². The second kappa shape index (κ2) is 15.4. The van der Waals surface area contributed by atoms with Crippen molar-refractivity contribution in [2.45, 2.75) is 94.4 Å². The SMILES string of the molecule is Cc1ccc(-c2cccc(C(=O)N3C[C@H]4CN5C(=O)[C@@H](CC(=O)OCC6CC6)CCCCC/C=C\[C@@H]6C[C@@]6(C(=O)NS(=O)(=O)C6CC6)NC(=O)[C@@H]5[C@H]4C3)n2)cc1. The Kier molecular flexibility index (Phi) is 10.5. The number of likely N-dealkylation sites (tertiary alicyclic amines) is 1. The summed E-state index contributed by atoms with van der Waals surface area (Å²) in [5.74, 6) is -3.84. The Labute approximate surface area is 328 Å². The zero-order chi connectivity index (χ0) is 39.2. The van der Waals surface area contributed by atoms with Crippen molar-refractivity contribution >= 4 is 39.6 Å². The van der Waals surface area contributed by atoms with Crippen molar-refractivity contribution in [3.63, 3.8) is 0 Å². The highest BCUT2D eigenvalue weighted by molar-refractivity contribution is 7.91. The quantitative estimate of drug-likeness (QED) is 0.283. The Balaban J connectivity index is 1.07. The van der Waals surface area contributed by atoms with Gasteiger partial charge in [0.25, 0.3) is 11.8 Å². The number of aryl methyl sites for hydroxylation is 1. The van der Waals surface area contributed by atoms with E-state index in [1.54, 1.807) is 21.9 Å². The molecule has 4 amide bonds. The van der Waals surface area contributed by atoms with Crippen LogP contribution in [-0.2, 0) is 33.9 Å². The molecule has 8 rings (SSSR count). The number of allylic oxidation sites excluding steroid dienone is 1. The molecular formula is C42H51N5O8S. The maximum Gasteiger partial charge on any atom is 0.306 e. The molecule has 1 aromatic carbocycles. The third-order valence-corrected chi connectivity index (χ3v) is 14.3. The van der Waals surface area contributed by atoms with Crippen molar-refractivity contribution in [2.24, 2.45) is 29.6 Å². The number of ether oxygens (including phenoxy) is 1. The van der Waals surface area contributed by atoms with Gasteiger partial charge in [0.05, 0.1) is 24.0 Å². The Morgan fingerprint density at radius 2 is 1.75 bits per heavy atom. The van der Waals surface area contributed by atoms with E-state index in [1.807, 2.05) is 49.4 Å². The second-order valence-electron chi connectivity index (χ2n) is 16.9. The number of sulfonamides is 1. The van der Waals surface area contributed by atoms with Crippen molar-refractivity contribution in [2.75, 3.05) is 26.2 Å². The summed E-state index contributed by atoms with van der Waals surface area (Å²) in [6.45, 7) is 3.00. The highest BCUT2D eigenvalue weighted by atomic mass is 32.2. The lowest BCUT2D eigenvalue weighted by atomic mass is 9.92. The molecule has 0 spiro atoms. The Morgan fingerprint density at radius 1 is 0.964 bits per heavy atom. The van der Waals surface area contributed by atoms with Gasteiger partial charge >= 0.3 is 5.97 Å². The fraction of sp³-hybridized carbons (Fsp3) is 0.571. The third-order valence-electron chi connectivity index (χ3n) is 12.5. The number of benzene rings is 1. The maximum atomic E-state index is 14.7. The van der Waals surface area contributed by atoms with Crippen molar-refractivity contribution in [3.05, 3.63) is 65.9 Å². The van der Waals surface area contributed by atoms with Gasteiger partial charge in [-0.05, 0) is 76.3 Å². The molecule has 2 N–H and O–H groups in total. The molecule has 0 radical (unpaired) electrons. The van der Waals surface area contributed by atoms with Crippen molar-refractivity contribution in [3.8, 4) is 11.3 Å². The largest absolute Gasteiger partial charge is 0.465 e. The Bertz CT molecular complexity index is 2030. The van der Waals surface area contributed by atoms with Gasteiger partial charge in [-0.15, -0.1) is 0 Å². The number of hydrogen-bond donors (Lipinski definition) is 2. The van der Waals surface area contributed by atoms with E-state index in [4.69, 9.17) is 9.72 Å². The van der Waals surface area contributed by atoms with Crippen molar-refractivity contribution in [1.29, 1.82) is 0 Å². The first-order valence-corrected chi connectivity index (χ1v) is 21.8. The average Bonchev–Trinajstić information content (AvgIpc) is 4.10. The molecule has 0 unspecified atom stereocenters. The maximum absolute atomic E-state index is 14.7. The first kappa shape index (κ1) is 38.3. The normalized spacial score (nSPS) is 29.8. The Morgan fingerprint density at radius 3 is 2.50 bits per heavy atom. The van der Waals surface area contributed by atoms with Gasteiger partial charge in [-0.3, -0.25) is 28.7 Å². The smallest absolute Gasteiger partial charge is 0.306 e. The van der Waals surface area contributed by atoms with Crippen molar-refractivity contribution in [1.82, 2.24) is 24.8 Å². The number of fused-ring (bicyclic) bond motifs is 4. The minimum Gasteiger partial charge on any atom is -0.465 e. The van der Waals surface area contributed by atoms with Crippen LogP contribution < -0.4 is 10.0 Å². The van der Waals surface area contributed by atoms with Crippen LogP contribution >= 0.6 is 0 Å². The van der Waals surface area contributed by atoms with E-state index in [1.165, 1.54) is 0 Å². The molecule has 3 aliphatic heterocycles. The van der Waals surface area contributed by atoms with Crippen LogP contribution in [0.25, 0.3) is 11.3 Å². The second-order valence-corrected chi connectivity index (χ2v) is 18.8. The first-order valence-electron chi connectivity index (χ1n) is 20.3. The predicted molar refractivity (Wildman–Crippen MR) is 206 cm³/mol. The summed E-state index contributed by atoms with van der Waals surface area (Å²) >= 11 is 0. The lowest BCUT2D eigenvalue weighted by Crippen LogP contribution is -2.58. The molecule has 6 atom stereocenters. The molecule has 298 valence electrons. The lowest BCUT2D eigenvalue weighted by Gasteiger charge is -2.32. The molecule has 14 heteroatoms. The summed E-state index contributed by atoms with van der Waals surface area (Å²) in [4.78, 5) is 78.2. The van der Waals surface area contributed by atoms with Gasteiger partial charge in [0.15, 0.2) is 0 Å². The standard InChI is InChI=1S/C42H51N5O8S/c1-26-12-16-28(17-13-26)34-10-7-11-35(43-34)40(51)46-22-30-23-47-37(33(30)24-46)38(49)44-42(41(52)45-56(53,54)32-18-19-32)21-31(42)9-6-4-2-3-5-8-29(39(47)50)20-36(48)55-25-27-14-15-27/h6-7,9-13,16-17,27,29-33,37H,2-5,8,14-15,18-25H2,1H3,(H,44,49)(H,45,52)/b9-6-/t29-,30+,31-,33+,37+,42-/m1/s1. The fourth-order valence-electron chi connectivity index (χ4n) is 8.72. The van der Waals surface area contributed by atoms with E-state index < -0.39 is 62.4 Å². The number of rotatable bonds is 9. The number of aromatic nitrogens is 1. The molecule has 0 bridgehead atoms. The van der Waals surface area contributed by atoms with Gasteiger partial charge in [-0.2, -0.15) is 0 Å². The number of pyridine rings is 1. The highest BCUT2D eigenvalue weighted by Gasteiger charge is 2.63. The number of amides is 4. The minimum atomic E-state index is -3.90. The van der Waals surface area contributed by atoms with Crippen LogP contribution in [0.3, 0.4) is 0 Å². The molecule has 13 nitrogen and oxygen atoms in total. The summed E-state index contributed by atoms with van der Waals surface area (Å²) in [5, 5.41) is 2.33. The number of carbonyl (C=O) groups is 5. The zero-order valence-electron chi connectivity index (χ0n) is 31.9. The van der Waals surface area contributed by atoms with E-state index in [2.05, 4.69) is 10.0 Å². The van der Waals surface area contributed by atoms with E-state index in [0.29, 0.717) is 43.9 Å². The lowest BCUT2D eigenvalue weighted by molar-refractivity contribution is -0.151. The van der Waals surface area contributed by atoms with Gasteiger partial charge in [0, 0.05) is 48.9 Å². The Hall–Kier alpha value is -4.59. The fourth-order valence-corrected chi connectivity index (χ4v) is 10.1. The monoisotopic (exact) mass is 785 g/mol. The van der Waals surface area contributed by atoms with Gasteiger partial charge in [-0.1, -0.05) is 60.9 Å². The number of esters is 1. The summed E-state index contributed by atoms with van der Waals surface area (Å²) < 4.78 is 33.6. The molecule has 2 saturated heterocycles. The zero-order valence-corrected chi connectivity index (χ0v) is 32.7. The number of nitrogens with zero attached hydrogens (tertiary/aromatic N) is 3. The van der Waals surface area contributed by atoms with E-state index in [9.17, 15) is 32.4 Å². The van der Waals surface area contributed by atoms with Crippen LogP contribution in [0.4, 0.5) is 0 Å². The van der Waals surface area contributed by atoms with E-state index >= 15 is 0 Å². The average molecular weight is 786 g/mol. The topological polar surface area (TPSA) is 172 Å². The van der Waals surface area contributed by atoms with Crippen LogP contribution in [-0.4, -0.2) is 95.9 Å². The summed E-state index contributed by atoms with van der Waals surface area (Å²) in [6, 6.07) is 12.2. The van der Waals surface area contributed by atoms with E-state index in [-0.39, 0.29) is 55.9 Å². The number of hydrogen-bond acceptors (Lipinski definition) is 9. The van der Waals surface area contributed by atoms with Crippen LogP contribution in [0.2, 0.25) is 0 Å². The minimum absolute atomic E-state index is 0.0906. The summed E-state index contributed by atoms with van der Waals surface area (Å²) in [6.07, 6.45) is 10.5. The van der Waals surface area contributed by atoms with Crippen LogP contribution in [0.1, 0.15) is 86.7 Å². The molecule has 4 heterocycles. The predicted octanol–water partition coefficient (Wildman–Crippen LogP) is 3.92. The van der Waals surface area contributed by atoms with Gasteiger partial charge < -0.3 is 19.9 Å². The molecular weight excluding hydrogens is 735 g/mol. The van der Waals surface area contributed by atoms with Crippen LogP contribution in [0.5, 0.6) is 0 Å². The van der Waals surface area contributed by atoms with Crippen molar-refractivity contribution < 1.29 is 37.1 Å². The molecule has 5 fully saturated rings. The summed E-state index contributed by atoms with van der Waals surface area (Å²) in [7, 11) is -3.90. The number of carbonyl (C=O) groups excluding carboxylic acids is 5. The molecule has 56 heavy (non-hydrogen) atoms. The molecule has 1 aromatic heterocycles. The molecule has 6 aliphatic rings. The first-order chi connectivity index (χ1) is 26.9. The van der Waals surface area contributed by atoms with Gasteiger partial charge in [0.2, 0.25) is 21.8 Å². The molecule has 3 aliphatic carbocycles. The summed E-state index contributed by atoms with van der Waals surface area (Å²) in [5.41, 5.74) is 1.43. The molecule has 2 aromatic rings. The number of nitrogens with one attached hydrogen (secondary N) is 2.